The molecule has 0 fully saturated rings. The van der Waals surface area contributed by atoms with E-state index < -0.39 is 0 Å². The fraction of sp³-hybridized carbons (Fsp3) is 1.00. The van der Waals surface area contributed by atoms with Crippen LogP contribution in [0.1, 0.15) is 33.6 Å². The lowest BCUT2D eigenvalue weighted by Crippen LogP contribution is -2.48. The molecule has 0 bridgehead atoms. The SMILES string of the molecule is CCC(C)CNC(C)(CCO)COC. The lowest BCUT2D eigenvalue weighted by Gasteiger charge is -2.31. The van der Waals surface area contributed by atoms with E-state index >= 15 is 0 Å². The highest BCUT2D eigenvalue weighted by atomic mass is 16.5. The van der Waals surface area contributed by atoms with Crippen molar-refractivity contribution in [3.8, 4) is 0 Å². The highest BCUT2D eigenvalue weighted by molar-refractivity contribution is 4.83. The van der Waals surface area contributed by atoms with Gasteiger partial charge in [0.1, 0.15) is 0 Å². The van der Waals surface area contributed by atoms with Crippen LogP contribution in [0.5, 0.6) is 0 Å². The van der Waals surface area contributed by atoms with Crippen LogP contribution in [0, 0.1) is 5.92 Å². The molecule has 0 spiro atoms. The maximum Gasteiger partial charge on any atom is 0.0642 e. The summed E-state index contributed by atoms with van der Waals surface area (Å²) in [5, 5.41) is 12.4. The van der Waals surface area contributed by atoms with E-state index in [0.717, 1.165) is 13.0 Å². The molecule has 0 saturated carbocycles. The smallest absolute Gasteiger partial charge is 0.0642 e. The van der Waals surface area contributed by atoms with Crippen molar-refractivity contribution < 1.29 is 9.84 Å². The molecule has 86 valence electrons. The van der Waals surface area contributed by atoms with E-state index in [1.807, 2.05) is 0 Å². The first-order valence-electron chi connectivity index (χ1n) is 5.42. The minimum Gasteiger partial charge on any atom is -0.396 e. The van der Waals surface area contributed by atoms with Gasteiger partial charge < -0.3 is 15.2 Å². The predicted molar refractivity (Wildman–Crippen MR) is 59.4 cm³/mol. The summed E-state index contributed by atoms with van der Waals surface area (Å²) >= 11 is 0. The average molecular weight is 203 g/mol. The van der Waals surface area contributed by atoms with Crippen LogP contribution < -0.4 is 5.32 Å². The Morgan fingerprint density at radius 1 is 1.50 bits per heavy atom. The Morgan fingerprint density at radius 3 is 2.57 bits per heavy atom. The third kappa shape index (κ3) is 5.58. The molecule has 0 amide bonds. The molecule has 0 saturated heterocycles. The van der Waals surface area contributed by atoms with Crippen molar-refractivity contribution in [1.29, 1.82) is 0 Å². The molecule has 14 heavy (non-hydrogen) atoms. The van der Waals surface area contributed by atoms with E-state index in [-0.39, 0.29) is 12.1 Å². The van der Waals surface area contributed by atoms with Gasteiger partial charge >= 0.3 is 0 Å². The Balaban J connectivity index is 3.94. The second kappa shape index (κ2) is 7.21. The van der Waals surface area contributed by atoms with E-state index in [4.69, 9.17) is 9.84 Å². The van der Waals surface area contributed by atoms with Crippen LogP contribution in [-0.2, 0) is 4.74 Å². The van der Waals surface area contributed by atoms with Crippen molar-refractivity contribution in [2.24, 2.45) is 5.92 Å². The van der Waals surface area contributed by atoms with Gasteiger partial charge in [0.05, 0.1) is 6.61 Å². The van der Waals surface area contributed by atoms with Gasteiger partial charge in [0, 0.05) is 19.3 Å². The van der Waals surface area contributed by atoms with Crippen LogP contribution in [0.2, 0.25) is 0 Å². The lowest BCUT2D eigenvalue weighted by atomic mass is 9.98. The maximum absolute atomic E-state index is 8.96. The number of nitrogens with one attached hydrogen (secondary N) is 1. The first kappa shape index (κ1) is 13.9. The Kier molecular flexibility index (Phi) is 7.15. The normalized spacial score (nSPS) is 17.8. The van der Waals surface area contributed by atoms with Crippen molar-refractivity contribution in [2.45, 2.75) is 39.2 Å². The molecular weight excluding hydrogens is 178 g/mol. The minimum atomic E-state index is -0.0903. The van der Waals surface area contributed by atoms with E-state index in [9.17, 15) is 0 Å². The number of ether oxygens (including phenoxy) is 1. The summed E-state index contributed by atoms with van der Waals surface area (Å²) in [6.45, 7) is 8.33. The molecule has 0 aromatic carbocycles. The third-order valence-electron chi connectivity index (χ3n) is 2.70. The van der Waals surface area contributed by atoms with E-state index in [1.54, 1.807) is 7.11 Å². The molecule has 3 heteroatoms. The number of methoxy groups -OCH3 is 1. The number of hydrogen-bond donors (Lipinski definition) is 2. The molecule has 0 rings (SSSR count). The van der Waals surface area contributed by atoms with E-state index in [0.29, 0.717) is 12.5 Å². The molecule has 0 radical (unpaired) electrons. The van der Waals surface area contributed by atoms with Gasteiger partial charge in [0.15, 0.2) is 0 Å². The van der Waals surface area contributed by atoms with Crippen molar-refractivity contribution in [3.63, 3.8) is 0 Å². The molecule has 2 atom stereocenters. The zero-order valence-electron chi connectivity index (χ0n) is 9.97. The summed E-state index contributed by atoms with van der Waals surface area (Å²) < 4.78 is 5.15. The van der Waals surface area contributed by atoms with Gasteiger partial charge in [0.2, 0.25) is 0 Å². The highest BCUT2D eigenvalue weighted by Crippen LogP contribution is 2.11. The average Bonchev–Trinajstić information content (AvgIpc) is 2.15. The molecule has 0 aromatic rings. The summed E-state index contributed by atoms with van der Waals surface area (Å²) in [5.41, 5.74) is -0.0903. The number of aliphatic hydroxyl groups excluding tert-OH is 1. The Hall–Kier alpha value is -0.120. The number of rotatable bonds is 8. The second-order valence-corrected chi connectivity index (χ2v) is 4.36. The highest BCUT2D eigenvalue weighted by Gasteiger charge is 2.23. The van der Waals surface area contributed by atoms with Crippen LogP contribution in [0.25, 0.3) is 0 Å². The van der Waals surface area contributed by atoms with Gasteiger partial charge in [0.25, 0.3) is 0 Å². The molecular formula is C11H25NO2. The standard InChI is InChI=1S/C11H25NO2/c1-5-10(2)8-12-11(3,6-7-13)9-14-4/h10,12-13H,5-9H2,1-4H3. The van der Waals surface area contributed by atoms with Crippen molar-refractivity contribution in [3.05, 3.63) is 0 Å². The summed E-state index contributed by atoms with van der Waals surface area (Å²) in [7, 11) is 1.69. The molecule has 0 aromatic heterocycles. The van der Waals surface area contributed by atoms with Gasteiger partial charge in [-0.1, -0.05) is 20.3 Å². The van der Waals surface area contributed by atoms with Crippen LogP contribution >= 0.6 is 0 Å². The van der Waals surface area contributed by atoms with Crippen molar-refractivity contribution >= 4 is 0 Å². The molecule has 3 nitrogen and oxygen atoms in total. The molecule has 0 heterocycles. The molecule has 0 aliphatic rings. The van der Waals surface area contributed by atoms with E-state index in [1.165, 1.54) is 6.42 Å². The lowest BCUT2D eigenvalue weighted by molar-refractivity contribution is 0.0954. The fourth-order valence-electron chi connectivity index (χ4n) is 1.34. The van der Waals surface area contributed by atoms with Crippen LogP contribution in [0.4, 0.5) is 0 Å². The van der Waals surface area contributed by atoms with Gasteiger partial charge in [-0.05, 0) is 25.8 Å². The van der Waals surface area contributed by atoms with Crippen molar-refractivity contribution in [2.75, 3.05) is 26.9 Å². The summed E-state index contributed by atoms with van der Waals surface area (Å²) in [5.74, 6) is 0.671. The zero-order chi connectivity index (χ0) is 11.0. The topological polar surface area (TPSA) is 41.5 Å². The van der Waals surface area contributed by atoms with Gasteiger partial charge in [-0.3, -0.25) is 0 Å². The summed E-state index contributed by atoms with van der Waals surface area (Å²) in [4.78, 5) is 0. The van der Waals surface area contributed by atoms with Crippen LogP contribution in [-0.4, -0.2) is 37.5 Å². The second-order valence-electron chi connectivity index (χ2n) is 4.36. The molecule has 0 aliphatic carbocycles. The monoisotopic (exact) mass is 203 g/mol. The first-order chi connectivity index (χ1) is 6.58. The minimum absolute atomic E-state index is 0.0903. The Labute approximate surface area is 87.8 Å². The number of hydrogen-bond acceptors (Lipinski definition) is 3. The third-order valence-corrected chi connectivity index (χ3v) is 2.70. The Morgan fingerprint density at radius 2 is 2.14 bits per heavy atom. The quantitative estimate of drug-likeness (QED) is 0.627. The predicted octanol–water partition coefficient (Wildman–Crippen LogP) is 1.41. The first-order valence-corrected chi connectivity index (χ1v) is 5.42. The fourth-order valence-corrected chi connectivity index (χ4v) is 1.34. The Bertz CT molecular complexity index is 133. The largest absolute Gasteiger partial charge is 0.396 e. The summed E-state index contributed by atoms with van der Waals surface area (Å²) in [6.07, 6.45) is 1.91. The van der Waals surface area contributed by atoms with E-state index in [2.05, 4.69) is 26.1 Å². The van der Waals surface area contributed by atoms with Crippen LogP contribution in [0.15, 0.2) is 0 Å². The zero-order valence-corrected chi connectivity index (χ0v) is 9.97. The van der Waals surface area contributed by atoms with Gasteiger partial charge in [-0.25, -0.2) is 0 Å². The van der Waals surface area contributed by atoms with Crippen LogP contribution in [0.3, 0.4) is 0 Å². The van der Waals surface area contributed by atoms with Gasteiger partial charge in [-0.2, -0.15) is 0 Å². The summed E-state index contributed by atoms with van der Waals surface area (Å²) in [6, 6.07) is 0. The molecule has 2 N–H and O–H groups in total. The van der Waals surface area contributed by atoms with Gasteiger partial charge in [-0.15, -0.1) is 0 Å². The maximum atomic E-state index is 8.96. The number of aliphatic hydroxyl groups is 1. The molecule has 2 unspecified atom stereocenters. The molecule has 0 aliphatic heterocycles. The van der Waals surface area contributed by atoms with Crippen molar-refractivity contribution in [1.82, 2.24) is 5.32 Å².